The van der Waals surface area contributed by atoms with Gasteiger partial charge in [0.05, 0.1) is 12.9 Å². The van der Waals surface area contributed by atoms with Gasteiger partial charge >= 0.3 is 0 Å². The lowest BCUT2D eigenvalue weighted by Gasteiger charge is -2.54. The van der Waals surface area contributed by atoms with E-state index in [0.29, 0.717) is 50.2 Å². The summed E-state index contributed by atoms with van der Waals surface area (Å²) in [5, 5.41) is 1.05. The van der Waals surface area contributed by atoms with Crippen LogP contribution in [0.4, 0.5) is 8.78 Å². The number of hydrogen-bond donors (Lipinski definition) is 1. The molecule has 6 rings (SSSR count). The summed E-state index contributed by atoms with van der Waals surface area (Å²) in [7, 11) is -3.64. The Hall–Kier alpha value is -2.49. The van der Waals surface area contributed by atoms with Crippen LogP contribution in [0.2, 0.25) is 0 Å². The summed E-state index contributed by atoms with van der Waals surface area (Å²) in [5.41, 5.74) is 2.83. The molecule has 1 aromatic heterocycles. The number of benzene rings is 2. The topological polar surface area (TPSA) is 65.6 Å². The second-order valence-electron chi connectivity index (χ2n) is 10.2. The van der Waals surface area contributed by atoms with E-state index in [1.165, 1.54) is 16.6 Å². The van der Waals surface area contributed by atoms with E-state index in [0.717, 1.165) is 27.7 Å². The van der Waals surface area contributed by atoms with Crippen molar-refractivity contribution in [2.45, 2.75) is 43.9 Å². The Morgan fingerprint density at radius 2 is 2.00 bits per heavy atom. The normalized spacial score (nSPS) is 24.7. The smallest absolute Gasteiger partial charge is 0.212 e. The highest BCUT2D eigenvalue weighted by atomic mass is 32.2. The molecule has 6 nitrogen and oxygen atoms in total. The van der Waals surface area contributed by atoms with Gasteiger partial charge < -0.3 is 9.72 Å². The number of aromatic amines is 1. The number of aromatic nitrogens is 1. The number of rotatable bonds is 6. The zero-order valence-electron chi connectivity index (χ0n) is 19.9. The highest BCUT2D eigenvalue weighted by Crippen LogP contribution is 2.56. The zero-order chi connectivity index (χ0) is 24.5. The number of sulfonamides is 1. The average molecular weight is 502 g/mol. The minimum Gasteiger partial charge on any atom is -0.488 e. The number of likely N-dealkylation sites (tertiary alicyclic amines) is 1. The third-order valence-electron chi connectivity index (χ3n) is 7.70. The molecule has 1 spiro atoms. The van der Waals surface area contributed by atoms with E-state index in [4.69, 9.17) is 4.74 Å². The van der Waals surface area contributed by atoms with Gasteiger partial charge in [-0.1, -0.05) is 18.2 Å². The van der Waals surface area contributed by atoms with E-state index >= 15 is 4.39 Å². The predicted molar refractivity (Wildman–Crippen MR) is 130 cm³/mol. The molecule has 0 saturated carbocycles. The number of nitrogens with one attached hydrogen (secondary N) is 1. The molecule has 2 aromatic carbocycles. The lowest BCUT2D eigenvalue weighted by Crippen LogP contribution is -2.63. The number of alkyl halides is 1. The number of nitrogens with zero attached hydrogens (tertiary/aromatic N) is 2. The van der Waals surface area contributed by atoms with Gasteiger partial charge in [0.25, 0.3) is 0 Å². The van der Waals surface area contributed by atoms with Crippen molar-refractivity contribution in [3.05, 3.63) is 64.6 Å². The van der Waals surface area contributed by atoms with Gasteiger partial charge in [0, 0.05) is 60.3 Å². The Kier molecular flexibility index (Phi) is 5.25. The molecule has 0 radical (unpaired) electrons. The largest absolute Gasteiger partial charge is 0.488 e. The van der Waals surface area contributed by atoms with Gasteiger partial charge in [-0.3, -0.25) is 9.29 Å². The summed E-state index contributed by atoms with van der Waals surface area (Å²) in [6, 6.07) is 10.8. The Morgan fingerprint density at radius 1 is 1.23 bits per heavy atom. The van der Waals surface area contributed by atoms with Gasteiger partial charge in [0.1, 0.15) is 23.2 Å². The number of ether oxygens (including phenoxy) is 1. The molecule has 1 aliphatic carbocycles. The molecule has 186 valence electrons. The van der Waals surface area contributed by atoms with Crippen molar-refractivity contribution in [1.29, 1.82) is 0 Å². The maximum atomic E-state index is 15.8. The van der Waals surface area contributed by atoms with E-state index < -0.39 is 21.4 Å². The molecule has 2 atom stereocenters. The number of H-pyrrole nitrogens is 1. The Morgan fingerprint density at radius 3 is 2.71 bits per heavy atom. The Labute approximate surface area is 203 Å². The zero-order valence-corrected chi connectivity index (χ0v) is 20.7. The third kappa shape index (κ3) is 3.42. The molecule has 35 heavy (non-hydrogen) atoms. The van der Waals surface area contributed by atoms with E-state index in [1.54, 1.807) is 0 Å². The first-order valence-electron chi connectivity index (χ1n) is 12.1. The van der Waals surface area contributed by atoms with E-state index in [9.17, 15) is 12.8 Å². The molecule has 1 fully saturated rings. The van der Waals surface area contributed by atoms with E-state index in [1.807, 2.05) is 37.3 Å². The van der Waals surface area contributed by atoms with Gasteiger partial charge in [-0.15, -0.1) is 0 Å². The van der Waals surface area contributed by atoms with Crippen LogP contribution < -0.4 is 4.74 Å². The van der Waals surface area contributed by atoms with Crippen molar-refractivity contribution in [2.75, 3.05) is 32.6 Å². The Balaban J connectivity index is 1.39. The first-order valence-corrected chi connectivity index (χ1v) is 13.9. The van der Waals surface area contributed by atoms with Crippen LogP contribution in [-0.4, -0.2) is 67.3 Å². The molecule has 1 saturated heterocycles. The van der Waals surface area contributed by atoms with Crippen LogP contribution in [0.15, 0.2) is 36.4 Å². The summed E-state index contributed by atoms with van der Waals surface area (Å²) in [5.74, 6) is 0.00240. The number of para-hydroxylation sites is 1. The molecular weight excluding hydrogens is 472 g/mol. The molecule has 9 heteroatoms. The summed E-state index contributed by atoms with van der Waals surface area (Å²) in [6.45, 7) is 3.65. The second-order valence-corrected chi connectivity index (χ2v) is 12.0. The van der Waals surface area contributed by atoms with E-state index in [2.05, 4.69) is 9.88 Å². The van der Waals surface area contributed by atoms with Crippen molar-refractivity contribution >= 4 is 20.9 Å². The third-order valence-corrected chi connectivity index (χ3v) is 9.09. The molecule has 0 amide bonds. The summed E-state index contributed by atoms with van der Waals surface area (Å²) in [6.07, 6.45) is 2.60. The Bertz CT molecular complexity index is 1400. The minimum absolute atomic E-state index is 0.0522. The molecule has 3 aromatic rings. The van der Waals surface area contributed by atoms with Crippen LogP contribution in [0.5, 0.6) is 5.75 Å². The quantitative estimate of drug-likeness (QED) is 0.559. The molecule has 1 N–H and O–H groups in total. The monoisotopic (exact) mass is 501 g/mol. The molecule has 3 heterocycles. The summed E-state index contributed by atoms with van der Waals surface area (Å²) >= 11 is 0. The van der Waals surface area contributed by atoms with Crippen LogP contribution in [-0.2, 0) is 28.4 Å². The van der Waals surface area contributed by atoms with Crippen LogP contribution in [0.25, 0.3) is 10.9 Å². The summed E-state index contributed by atoms with van der Waals surface area (Å²) < 4.78 is 61.8. The fraction of sp³-hybridized carbons (Fsp3) is 0.462. The van der Waals surface area contributed by atoms with Crippen molar-refractivity contribution in [3.63, 3.8) is 0 Å². The first kappa shape index (κ1) is 22.9. The number of fused-ring (bicyclic) bond motifs is 6. The van der Waals surface area contributed by atoms with Crippen LogP contribution in [0.1, 0.15) is 35.7 Å². The van der Waals surface area contributed by atoms with Crippen LogP contribution >= 0.6 is 0 Å². The second kappa shape index (κ2) is 8.01. The summed E-state index contributed by atoms with van der Waals surface area (Å²) in [4.78, 5) is 5.56. The molecule has 0 bridgehead atoms. The van der Waals surface area contributed by atoms with Gasteiger partial charge in [-0.25, -0.2) is 12.8 Å². The van der Waals surface area contributed by atoms with Crippen molar-refractivity contribution < 1.29 is 21.9 Å². The number of hydrogen-bond acceptors (Lipinski definition) is 4. The van der Waals surface area contributed by atoms with Gasteiger partial charge in [-0.2, -0.15) is 4.31 Å². The number of halogens is 2. The molecule has 0 unspecified atom stereocenters. The maximum absolute atomic E-state index is 15.8. The molecular formula is C26H29F2N3O3S. The average Bonchev–Trinajstić information content (AvgIpc) is 3.11. The van der Waals surface area contributed by atoms with Crippen molar-refractivity contribution in [1.82, 2.24) is 14.2 Å². The van der Waals surface area contributed by atoms with Crippen molar-refractivity contribution in [3.8, 4) is 5.75 Å². The van der Waals surface area contributed by atoms with Gasteiger partial charge in [-0.05, 0) is 43.0 Å². The standard InChI is InChI=1S/C26H29F2N3O3S/c1-16-10-21-20-6-3-4-7-23(20)29-25(21)26(31(16)35(2,32)33)13-17-11-18(12-22(28)24(17)26)34-19-14-30(15-19)9-5-8-27/h3-4,6-7,11-12,16,19,29H,5,8-10,13-15H2,1-2H3/t16-,26+/m1/s1. The molecule has 3 aliphatic rings. The SMILES string of the molecule is C[C@@H]1Cc2c([nH]c3ccccc23)[C@@]2(Cc3cc(OC4CN(CCCF)C4)cc(F)c32)N1S(C)(=O)=O. The lowest BCUT2D eigenvalue weighted by molar-refractivity contribution is 0.0179. The first-order chi connectivity index (χ1) is 16.7. The highest BCUT2D eigenvalue weighted by molar-refractivity contribution is 7.88. The maximum Gasteiger partial charge on any atom is 0.212 e. The van der Waals surface area contributed by atoms with E-state index in [-0.39, 0.29) is 18.8 Å². The minimum atomic E-state index is -3.64. The fourth-order valence-electron chi connectivity index (χ4n) is 6.46. The van der Waals surface area contributed by atoms with Gasteiger partial charge in [0.2, 0.25) is 10.0 Å². The van der Waals surface area contributed by atoms with Gasteiger partial charge in [0.15, 0.2) is 0 Å². The fourth-order valence-corrected chi connectivity index (χ4v) is 8.00. The van der Waals surface area contributed by atoms with Crippen LogP contribution in [0.3, 0.4) is 0 Å². The lowest BCUT2D eigenvalue weighted by atomic mass is 9.65. The van der Waals surface area contributed by atoms with Crippen molar-refractivity contribution in [2.24, 2.45) is 0 Å². The molecule has 2 aliphatic heterocycles. The highest BCUT2D eigenvalue weighted by Gasteiger charge is 2.59. The van der Waals surface area contributed by atoms with Crippen LogP contribution in [0, 0.1) is 5.82 Å². The predicted octanol–water partition coefficient (Wildman–Crippen LogP) is 3.74.